The molecule has 4 aromatic rings. The lowest BCUT2D eigenvalue weighted by Gasteiger charge is -2.06. The van der Waals surface area contributed by atoms with Gasteiger partial charge in [0.1, 0.15) is 29.0 Å². The summed E-state index contributed by atoms with van der Waals surface area (Å²) in [7, 11) is 0. The van der Waals surface area contributed by atoms with Gasteiger partial charge >= 0.3 is 0 Å². The minimum Gasteiger partial charge on any atom is -0.484 e. The molecule has 1 N–H and O–H groups in total. The molecule has 0 saturated carbocycles. The van der Waals surface area contributed by atoms with Crippen LogP contribution in [0.15, 0.2) is 69.7 Å². The minimum absolute atomic E-state index is 0.0706. The second-order valence-corrected chi connectivity index (χ2v) is 8.47. The zero-order chi connectivity index (χ0) is 22.7. The van der Waals surface area contributed by atoms with Crippen LogP contribution >= 0.6 is 39.1 Å². The zero-order valence-corrected chi connectivity index (χ0v) is 19.4. The highest BCUT2D eigenvalue weighted by Crippen LogP contribution is 2.28. The summed E-state index contributed by atoms with van der Waals surface area (Å²) in [5.41, 5.74) is 0.712. The molecule has 0 aliphatic heterocycles. The zero-order valence-electron chi connectivity index (χ0n) is 16.3. The number of anilines is 1. The summed E-state index contributed by atoms with van der Waals surface area (Å²) >= 11 is 15.6. The molecular weight excluding hydrogens is 524 g/mol. The van der Waals surface area contributed by atoms with Crippen LogP contribution in [0.3, 0.4) is 0 Å². The first-order valence-electron chi connectivity index (χ1n) is 9.33. The van der Waals surface area contributed by atoms with Crippen LogP contribution in [-0.2, 0) is 13.2 Å². The Labute approximate surface area is 201 Å². The quantitative estimate of drug-likeness (QED) is 0.289. The first-order chi connectivity index (χ1) is 15.4. The van der Waals surface area contributed by atoms with E-state index in [1.807, 2.05) is 0 Å². The van der Waals surface area contributed by atoms with Crippen molar-refractivity contribution in [2.75, 3.05) is 5.32 Å². The summed E-state index contributed by atoms with van der Waals surface area (Å²) in [5, 5.41) is 7.55. The molecule has 0 radical (unpaired) electrons. The second-order valence-electron chi connectivity index (χ2n) is 6.74. The number of carbonyl (C=O) groups excluding carboxylic acids is 1. The number of nitrogens with one attached hydrogen (secondary N) is 1. The number of hydrogen-bond donors (Lipinski definition) is 1. The van der Waals surface area contributed by atoms with Crippen LogP contribution in [0.1, 0.15) is 21.9 Å². The molecular formula is C22H15BrCl2FN3O3. The van der Waals surface area contributed by atoms with Crippen LogP contribution in [0, 0.1) is 5.82 Å². The third-order valence-corrected chi connectivity index (χ3v) is 5.40. The Morgan fingerprint density at radius 2 is 2.00 bits per heavy atom. The number of nitrogens with zero attached hydrogens (tertiary/aromatic N) is 2. The number of aromatic nitrogens is 2. The van der Waals surface area contributed by atoms with Crippen molar-refractivity contribution in [1.82, 2.24) is 9.78 Å². The van der Waals surface area contributed by atoms with Crippen molar-refractivity contribution < 1.29 is 18.3 Å². The molecule has 0 bridgehead atoms. The number of benzene rings is 2. The van der Waals surface area contributed by atoms with Gasteiger partial charge in [0.05, 0.1) is 11.6 Å². The van der Waals surface area contributed by atoms with Crippen molar-refractivity contribution in [3.05, 3.63) is 98.2 Å². The third kappa shape index (κ3) is 5.51. The Morgan fingerprint density at radius 3 is 2.78 bits per heavy atom. The first kappa shape index (κ1) is 22.4. The van der Waals surface area contributed by atoms with Crippen LogP contribution in [0.25, 0.3) is 0 Å². The fourth-order valence-electron chi connectivity index (χ4n) is 2.87. The monoisotopic (exact) mass is 537 g/mol. The lowest BCUT2D eigenvalue weighted by Crippen LogP contribution is -2.12. The van der Waals surface area contributed by atoms with Crippen LogP contribution in [0.2, 0.25) is 10.0 Å². The van der Waals surface area contributed by atoms with Gasteiger partial charge in [-0.15, -0.1) is 0 Å². The van der Waals surface area contributed by atoms with Gasteiger partial charge < -0.3 is 14.5 Å². The normalized spacial score (nSPS) is 10.9. The maximum atomic E-state index is 13.4. The number of rotatable bonds is 7. The molecule has 0 atom stereocenters. The van der Waals surface area contributed by atoms with Gasteiger partial charge in [-0.1, -0.05) is 51.3 Å². The number of ether oxygens (including phenoxy) is 1. The number of furan rings is 1. The molecule has 0 unspecified atom stereocenters. The molecule has 164 valence electrons. The van der Waals surface area contributed by atoms with Gasteiger partial charge in [0, 0.05) is 10.7 Å². The van der Waals surface area contributed by atoms with Crippen molar-refractivity contribution in [2.24, 2.45) is 0 Å². The smallest absolute Gasteiger partial charge is 0.292 e. The van der Waals surface area contributed by atoms with Crippen LogP contribution in [0.5, 0.6) is 5.75 Å². The Kier molecular flexibility index (Phi) is 6.83. The van der Waals surface area contributed by atoms with E-state index in [1.54, 1.807) is 42.6 Å². The highest BCUT2D eigenvalue weighted by molar-refractivity contribution is 9.10. The maximum Gasteiger partial charge on any atom is 0.292 e. The summed E-state index contributed by atoms with van der Waals surface area (Å²) in [6, 6.07) is 14.6. The van der Waals surface area contributed by atoms with E-state index in [0.29, 0.717) is 28.6 Å². The molecule has 0 aliphatic carbocycles. The molecule has 2 aromatic heterocycles. The largest absolute Gasteiger partial charge is 0.484 e. The highest BCUT2D eigenvalue weighted by atomic mass is 79.9. The third-order valence-electron chi connectivity index (χ3n) is 4.33. The van der Waals surface area contributed by atoms with Crippen LogP contribution in [0.4, 0.5) is 10.2 Å². The van der Waals surface area contributed by atoms with Gasteiger partial charge in [-0.25, -0.2) is 4.39 Å². The maximum absolute atomic E-state index is 13.4. The summed E-state index contributed by atoms with van der Waals surface area (Å²) < 4.78 is 26.9. The molecule has 4 rings (SSSR count). The van der Waals surface area contributed by atoms with E-state index >= 15 is 0 Å². The number of halogens is 4. The summed E-state index contributed by atoms with van der Waals surface area (Å²) in [6.45, 7) is 0.395. The van der Waals surface area contributed by atoms with E-state index in [9.17, 15) is 9.18 Å². The van der Waals surface area contributed by atoms with Gasteiger partial charge in [0.25, 0.3) is 5.91 Å². The summed E-state index contributed by atoms with van der Waals surface area (Å²) in [6.07, 6.45) is 1.55. The molecule has 2 aromatic carbocycles. The predicted molar refractivity (Wildman–Crippen MR) is 123 cm³/mol. The minimum atomic E-state index is -0.518. The number of amides is 1. The fourth-order valence-corrected chi connectivity index (χ4v) is 3.80. The Balaban J connectivity index is 1.38. The molecule has 0 aliphatic rings. The van der Waals surface area contributed by atoms with Gasteiger partial charge in [-0.05, 0) is 48.0 Å². The molecule has 1 amide bonds. The Hall–Kier alpha value is -2.81. The van der Waals surface area contributed by atoms with E-state index < -0.39 is 5.91 Å². The van der Waals surface area contributed by atoms with Crippen molar-refractivity contribution >= 4 is 50.9 Å². The highest BCUT2D eigenvalue weighted by Gasteiger charge is 2.16. The lowest BCUT2D eigenvalue weighted by molar-refractivity contribution is 0.0992. The van der Waals surface area contributed by atoms with E-state index in [-0.39, 0.29) is 29.0 Å². The average Bonchev–Trinajstić information content (AvgIpc) is 3.34. The standard InChI is InChI=1S/C22H15BrCl2FN3O3/c23-14-4-6-19(17(24)9-14)31-12-16-5-7-20(32-16)22(30)27-21-18(25)11-29(28-21)10-13-2-1-3-15(26)8-13/h1-9,11H,10,12H2,(H,27,28,30). The van der Waals surface area contributed by atoms with Crippen molar-refractivity contribution in [2.45, 2.75) is 13.2 Å². The summed E-state index contributed by atoms with van der Waals surface area (Å²) in [5.74, 6) is 0.319. The second kappa shape index (κ2) is 9.77. The van der Waals surface area contributed by atoms with E-state index in [4.69, 9.17) is 32.4 Å². The van der Waals surface area contributed by atoms with E-state index in [1.165, 1.54) is 22.9 Å². The van der Waals surface area contributed by atoms with Crippen LogP contribution < -0.4 is 10.1 Å². The van der Waals surface area contributed by atoms with E-state index in [2.05, 4.69) is 26.3 Å². The van der Waals surface area contributed by atoms with Gasteiger partial charge in [0.15, 0.2) is 11.6 Å². The predicted octanol–water partition coefficient (Wildman–Crippen LogP) is 6.56. The molecule has 2 heterocycles. The molecule has 6 nitrogen and oxygen atoms in total. The Morgan fingerprint density at radius 1 is 1.16 bits per heavy atom. The topological polar surface area (TPSA) is 69.3 Å². The SMILES string of the molecule is O=C(Nc1nn(Cc2cccc(F)c2)cc1Cl)c1ccc(COc2ccc(Br)cc2Cl)o1. The molecule has 0 fully saturated rings. The number of hydrogen-bond acceptors (Lipinski definition) is 4. The Bertz CT molecular complexity index is 1280. The van der Waals surface area contributed by atoms with Gasteiger partial charge in [0.2, 0.25) is 0 Å². The first-order valence-corrected chi connectivity index (χ1v) is 10.9. The molecule has 0 saturated heterocycles. The molecule has 10 heteroatoms. The molecule has 32 heavy (non-hydrogen) atoms. The number of carbonyl (C=O) groups is 1. The van der Waals surface area contributed by atoms with Gasteiger partial charge in [-0.3, -0.25) is 9.48 Å². The van der Waals surface area contributed by atoms with E-state index in [0.717, 1.165) is 4.47 Å². The van der Waals surface area contributed by atoms with Crippen molar-refractivity contribution in [3.63, 3.8) is 0 Å². The molecule has 0 spiro atoms. The van der Waals surface area contributed by atoms with Gasteiger partial charge in [-0.2, -0.15) is 5.10 Å². The van der Waals surface area contributed by atoms with Crippen molar-refractivity contribution in [1.29, 1.82) is 0 Å². The van der Waals surface area contributed by atoms with Crippen molar-refractivity contribution in [3.8, 4) is 5.75 Å². The average molecular weight is 539 g/mol. The fraction of sp³-hybridized carbons (Fsp3) is 0.0909. The van der Waals surface area contributed by atoms with Crippen LogP contribution in [-0.4, -0.2) is 15.7 Å². The lowest BCUT2D eigenvalue weighted by atomic mass is 10.2. The summed E-state index contributed by atoms with van der Waals surface area (Å²) in [4.78, 5) is 12.5.